The van der Waals surface area contributed by atoms with E-state index in [1.54, 1.807) is 0 Å². The number of hydrogen-bond donors (Lipinski definition) is 2. The van der Waals surface area contributed by atoms with Gasteiger partial charge in [0, 0.05) is 6.04 Å². The van der Waals surface area contributed by atoms with Gasteiger partial charge < -0.3 is 11.1 Å². The third kappa shape index (κ3) is 3.82. The lowest BCUT2D eigenvalue weighted by Crippen LogP contribution is -2.54. The lowest BCUT2D eigenvalue weighted by molar-refractivity contribution is -0.127. The third-order valence-corrected chi connectivity index (χ3v) is 5.28. The highest BCUT2D eigenvalue weighted by Gasteiger charge is 2.38. The van der Waals surface area contributed by atoms with E-state index in [-0.39, 0.29) is 18.3 Å². The molecule has 0 bridgehead atoms. The van der Waals surface area contributed by atoms with Crippen LogP contribution in [0.2, 0.25) is 0 Å². The number of carbonyl (C=O) groups excluding carboxylic acids is 1. The molecule has 3 N–H and O–H groups in total. The summed E-state index contributed by atoms with van der Waals surface area (Å²) in [7, 11) is 0. The third-order valence-electron chi connectivity index (χ3n) is 5.28. The molecule has 2 fully saturated rings. The summed E-state index contributed by atoms with van der Waals surface area (Å²) in [6.45, 7) is 0. The molecule has 0 aromatic heterocycles. The van der Waals surface area contributed by atoms with Gasteiger partial charge in [-0.25, -0.2) is 0 Å². The quantitative estimate of drug-likeness (QED) is 0.894. The van der Waals surface area contributed by atoms with Crippen LogP contribution in [0.5, 0.6) is 0 Å². The normalized spacial score (nSPS) is 27.0. The second kappa shape index (κ2) is 7.47. The molecule has 22 heavy (non-hydrogen) atoms. The van der Waals surface area contributed by atoms with E-state index in [2.05, 4.69) is 35.6 Å². The molecule has 0 aliphatic heterocycles. The summed E-state index contributed by atoms with van der Waals surface area (Å²) in [6.07, 6.45) is 8.33. The van der Waals surface area contributed by atoms with Gasteiger partial charge in [-0.3, -0.25) is 4.79 Å². The Kier molecular flexibility index (Phi) is 5.87. The van der Waals surface area contributed by atoms with Crippen molar-refractivity contribution < 1.29 is 4.79 Å². The maximum absolute atomic E-state index is 12.4. The number of rotatable bonds is 3. The van der Waals surface area contributed by atoms with E-state index in [1.165, 1.54) is 5.56 Å². The number of benzene rings is 1. The van der Waals surface area contributed by atoms with Gasteiger partial charge in [-0.2, -0.15) is 0 Å². The number of hydrogen-bond acceptors (Lipinski definition) is 2. The lowest BCUT2D eigenvalue weighted by atomic mass is 9.81. The monoisotopic (exact) mass is 322 g/mol. The zero-order chi connectivity index (χ0) is 14.7. The standard InChI is InChI=1S/C18H26N2O.ClH/c19-18(12-4-5-13-18)17(21)20-16-10-8-15(9-11-16)14-6-2-1-3-7-14;/h1-3,6-7,15-16H,4-5,8-13,19H2,(H,20,21);1H. The van der Waals surface area contributed by atoms with Crippen molar-refractivity contribution in [3.8, 4) is 0 Å². The van der Waals surface area contributed by atoms with E-state index < -0.39 is 5.54 Å². The first-order chi connectivity index (χ1) is 10.2. The number of nitrogens with two attached hydrogens (primary N) is 1. The van der Waals surface area contributed by atoms with Crippen LogP contribution in [-0.4, -0.2) is 17.5 Å². The van der Waals surface area contributed by atoms with E-state index in [0.717, 1.165) is 51.4 Å². The number of amides is 1. The molecular formula is C18H27ClN2O. The van der Waals surface area contributed by atoms with Gasteiger partial charge in [-0.1, -0.05) is 43.2 Å². The van der Waals surface area contributed by atoms with E-state index in [9.17, 15) is 4.79 Å². The first kappa shape index (κ1) is 17.3. The summed E-state index contributed by atoms with van der Waals surface area (Å²) in [6, 6.07) is 11.0. The molecule has 0 spiro atoms. The predicted molar refractivity (Wildman–Crippen MR) is 92.2 cm³/mol. The minimum atomic E-state index is -0.587. The van der Waals surface area contributed by atoms with E-state index in [0.29, 0.717) is 12.0 Å². The minimum Gasteiger partial charge on any atom is -0.352 e. The molecule has 1 amide bonds. The van der Waals surface area contributed by atoms with Crippen LogP contribution in [-0.2, 0) is 4.79 Å². The van der Waals surface area contributed by atoms with Gasteiger partial charge in [0.2, 0.25) is 5.91 Å². The van der Waals surface area contributed by atoms with Gasteiger partial charge in [-0.05, 0) is 50.0 Å². The molecule has 0 radical (unpaired) electrons. The number of halogens is 1. The highest BCUT2D eigenvalue weighted by atomic mass is 35.5. The molecule has 2 aliphatic carbocycles. The predicted octanol–water partition coefficient (Wildman–Crippen LogP) is 3.52. The van der Waals surface area contributed by atoms with Crippen molar-refractivity contribution in [2.45, 2.75) is 68.9 Å². The van der Waals surface area contributed by atoms with Crippen LogP contribution in [0.3, 0.4) is 0 Å². The molecule has 0 atom stereocenters. The maximum Gasteiger partial charge on any atom is 0.240 e. The molecule has 122 valence electrons. The van der Waals surface area contributed by atoms with Gasteiger partial charge in [-0.15, -0.1) is 12.4 Å². The second-order valence-electron chi connectivity index (χ2n) is 6.80. The van der Waals surface area contributed by atoms with Gasteiger partial charge >= 0.3 is 0 Å². The molecule has 1 aromatic rings. The fraction of sp³-hybridized carbons (Fsp3) is 0.611. The smallest absolute Gasteiger partial charge is 0.240 e. The van der Waals surface area contributed by atoms with Gasteiger partial charge in [0.1, 0.15) is 0 Å². The van der Waals surface area contributed by atoms with Crippen molar-refractivity contribution >= 4 is 18.3 Å². The van der Waals surface area contributed by atoms with Crippen molar-refractivity contribution in [1.82, 2.24) is 5.32 Å². The van der Waals surface area contributed by atoms with Crippen LogP contribution in [0.1, 0.15) is 62.8 Å². The SMILES string of the molecule is Cl.NC1(C(=O)NC2CCC(c3ccccc3)CC2)CCCC1. The Morgan fingerprint density at radius 1 is 1.05 bits per heavy atom. The first-order valence-electron chi connectivity index (χ1n) is 8.32. The van der Waals surface area contributed by atoms with E-state index in [1.807, 2.05) is 0 Å². The first-order valence-corrected chi connectivity index (χ1v) is 8.32. The van der Waals surface area contributed by atoms with Crippen LogP contribution >= 0.6 is 12.4 Å². The molecule has 2 saturated carbocycles. The van der Waals surface area contributed by atoms with Crippen LogP contribution in [0.25, 0.3) is 0 Å². The molecule has 2 aliphatic rings. The van der Waals surface area contributed by atoms with E-state index in [4.69, 9.17) is 5.73 Å². The molecule has 0 unspecified atom stereocenters. The molecule has 4 heteroatoms. The maximum atomic E-state index is 12.4. The molecule has 1 aromatic carbocycles. The molecule has 3 rings (SSSR count). The van der Waals surface area contributed by atoms with Gasteiger partial charge in [0.05, 0.1) is 5.54 Å². The molecule has 3 nitrogen and oxygen atoms in total. The summed E-state index contributed by atoms with van der Waals surface area (Å²) < 4.78 is 0. The van der Waals surface area contributed by atoms with Crippen LogP contribution < -0.4 is 11.1 Å². The van der Waals surface area contributed by atoms with Gasteiger partial charge in [0.25, 0.3) is 0 Å². The molecule has 0 saturated heterocycles. The summed E-state index contributed by atoms with van der Waals surface area (Å²) >= 11 is 0. The Morgan fingerprint density at radius 2 is 1.64 bits per heavy atom. The van der Waals surface area contributed by atoms with Crippen molar-refractivity contribution in [3.05, 3.63) is 35.9 Å². The van der Waals surface area contributed by atoms with Crippen LogP contribution in [0.4, 0.5) is 0 Å². The average molecular weight is 323 g/mol. The minimum absolute atomic E-state index is 0. The topological polar surface area (TPSA) is 55.1 Å². The summed E-state index contributed by atoms with van der Waals surface area (Å²) in [5.74, 6) is 0.737. The lowest BCUT2D eigenvalue weighted by Gasteiger charge is -2.32. The summed E-state index contributed by atoms with van der Waals surface area (Å²) in [5.41, 5.74) is 7.08. The van der Waals surface area contributed by atoms with Crippen molar-refractivity contribution in [2.24, 2.45) is 5.73 Å². The number of carbonyl (C=O) groups is 1. The highest BCUT2D eigenvalue weighted by Crippen LogP contribution is 2.33. The van der Waals surface area contributed by atoms with E-state index >= 15 is 0 Å². The van der Waals surface area contributed by atoms with Gasteiger partial charge in [0.15, 0.2) is 0 Å². The number of nitrogens with one attached hydrogen (secondary N) is 1. The fourth-order valence-electron chi connectivity index (χ4n) is 3.86. The van der Waals surface area contributed by atoms with Crippen molar-refractivity contribution in [2.75, 3.05) is 0 Å². The Bertz CT molecular complexity index is 477. The van der Waals surface area contributed by atoms with Crippen LogP contribution in [0.15, 0.2) is 30.3 Å². The molecule has 0 heterocycles. The second-order valence-corrected chi connectivity index (χ2v) is 6.80. The summed E-state index contributed by atoms with van der Waals surface area (Å²) in [4.78, 5) is 12.4. The van der Waals surface area contributed by atoms with Crippen molar-refractivity contribution in [3.63, 3.8) is 0 Å². The Hall–Kier alpha value is -1.06. The zero-order valence-electron chi connectivity index (χ0n) is 13.1. The zero-order valence-corrected chi connectivity index (χ0v) is 13.9. The fourth-order valence-corrected chi connectivity index (χ4v) is 3.86. The largest absolute Gasteiger partial charge is 0.352 e. The van der Waals surface area contributed by atoms with Crippen molar-refractivity contribution in [1.29, 1.82) is 0 Å². The molecular weight excluding hydrogens is 296 g/mol. The summed E-state index contributed by atoms with van der Waals surface area (Å²) in [5, 5.41) is 3.21. The Morgan fingerprint density at radius 3 is 2.23 bits per heavy atom. The van der Waals surface area contributed by atoms with Crippen LogP contribution in [0, 0.1) is 0 Å². The average Bonchev–Trinajstić information content (AvgIpc) is 2.97. The Balaban J connectivity index is 0.00000176. The highest BCUT2D eigenvalue weighted by molar-refractivity contribution is 5.86. The Labute approximate surface area is 139 Å².